The van der Waals surface area contributed by atoms with Crippen molar-refractivity contribution in [1.29, 1.82) is 0 Å². The summed E-state index contributed by atoms with van der Waals surface area (Å²) in [5, 5.41) is 5.48. The molecule has 7 nitrogen and oxygen atoms in total. The highest BCUT2D eigenvalue weighted by molar-refractivity contribution is 7.89. The van der Waals surface area contributed by atoms with Crippen molar-refractivity contribution in [1.82, 2.24) is 4.90 Å². The summed E-state index contributed by atoms with van der Waals surface area (Å²) in [7, 11) is 0.900. The van der Waals surface area contributed by atoms with E-state index in [0.29, 0.717) is 22.1 Å². The van der Waals surface area contributed by atoms with Gasteiger partial charge in [0.05, 0.1) is 30.2 Å². The Kier molecular flexibility index (Phi) is 7.29. The Labute approximate surface area is 175 Å². The number of hydrogen-bond donors (Lipinski definition) is 1. The quantitative estimate of drug-likeness (QED) is 0.669. The third-order valence-electron chi connectivity index (χ3n) is 4.49. The van der Waals surface area contributed by atoms with Crippen molar-refractivity contribution < 1.29 is 22.7 Å². The summed E-state index contributed by atoms with van der Waals surface area (Å²) in [5.74, 6) is 0.647. The molecule has 0 aliphatic heterocycles. The molecule has 0 saturated heterocycles. The maximum absolute atomic E-state index is 12.6. The third kappa shape index (κ3) is 5.50. The monoisotopic (exact) mass is 438 g/mol. The first-order chi connectivity index (χ1) is 13.6. The molecule has 0 spiro atoms. The number of benzene rings is 2. The largest absolute Gasteiger partial charge is 0.493 e. The molecule has 29 heavy (non-hydrogen) atoms. The second-order valence-electron chi connectivity index (χ2n) is 6.31. The van der Waals surface area contributed by atoms with E-state index in [1.165, 1.54) is 37.3 Å². The van der Waals surface area contributed by atoms with Crippen molar-refractivity contribution in [3.05, 3.63) is 58.6 Å². The fourth-order valence-corrected chi connectivity index (χ4v) is 3.48. The Bertz CT molecular complexity index is 1020. The zero-order valence-corrected chi connectivity index (χ0v) is 18.1. The molecule has 0 heterocycles. The van der Waals surface area contributed by atoms with E-state index in [1.54, 1.807) is 37.4 Å². The van der Waals surface area contributed by atoms with E-state index >= 15 is 0 Å². The van der Waals surface area contributed by atoms with Crippen LogP contribution in [-0.4, -0.2) is 40.5 Å². The molecule has 0 fully saturated rings. The first-order valence-electron chi connectivity index (χ1n) is 8.57. The molecule has 0 saturated carbocycles. The average Bonchev–Trinajstić information content (AvgIpc) is 2.69. The molecule has 1 unspecified atom stereocenters. The fourth-order valence-electron chi connectivity index (χ4n) is 2.67. The van der Waals surface area contributed by atoms with Crippen LogP contribution in [0.5, 0.6) is 11.5 Å². The molecule has 2 aromatic carbocycles. The van der Waals surface area contributed by atoms with Gasteiger partial charge in [-0.2, -0.15) is 0 Å². The number of hydrogen-bond acceptors (Lipinski definition) is 5. The highest BCUT2D eigenvalue weighted by atomic mass is 35.5. The average molecular weight is 439 g/mol. The van der Waals surface area contributed by atoms with Gasteiger partial charge in [0.2, 0.25) is 15.9 Å². The Morgan fingerprint density at radius 1 is 1.17 bits per heavy atom. The summed E-state index contributed by atoms with van der Waals surface area (Å²) in [6.45, 7) is 1.84. The number of carbonyl (C=O) groups is 1. The van der Waals surface area contributed by atoms with Gasteiger partial charge in [-0.1, -0.05) is 23.7 Å². The van der Waals surface area contributed by atoms with Crippen molar-refractivity contribution in [2.24, 2.45) is 5.14 Å². The topological polar surface area (TPSA) is 98.9 Å². The predicted octanol–water partition coefficient (Wildman–Crippen LogP) is 3.24. The number of ether oxygens (including phenoxy) is 2. The van der Waals surface area contributed by atoms with Crippen LogP contribution in [-0.2, 0) is 14.8 Å². The normalized spacial score (nSPS) is 12.6. The number of amides is 1. The lowest BCUT2D eigenvalue weighted by molar-refractivity contribution is -0.126. The van der Waals surface area contributed by atoms with Crippen LogP contribution in [0.2, 0.25) is 5.02 Å². The Morgan fingerprint density at radius 2 is 1.79 bits per heavy atom. The van der Waals surface area contributed by atoms with Crippen molar-refractivity contribution in [2.45, 2.75) is 17.9 Å². The van der Waals surface area contributed by atoms with Gasteiger partial charge >= 0.3 is 0 Å². The number of methoxy groups -OCH3 is 2. The number of primary sulfonamides is 1. The van der Waals surface area contributed by atoms with Crippen LogP contribution < -0.4 is 14.6 Å². The molecule has 0 aromatic heterocycles. The molecule has 2 N–H and O–H groups in total. The number of carbonyl (C=O) groups excluding carboxylic acids is 1. The zero-order valence-electron chi connectivity index (χ0n) is 16.5. The lowest BCUT2D eigenvalue weighted by Crippen LogP contribution is -2.28. The minimum atomic E-state index is -3.76. The van der Waals surface area contributed by atoms with Crippen LogP contribution in [0, 0.1) is 0 Å². The summed E-state index contributed by atoms with van der Waals surface area (Å²) in [5.41, 5.74) is 1.45. The van der Waals surface area contributed by atoms with E-state index in [0.717, 1.165) is 5.56 Å². The van der Waals surface area contributed by atoms with Gasteiger partial charge < -0.3 is 14.4 Å². The standard InChI is InChI=1S/C20H23ClN2O5S/c1-13(15-6-8-16(9-7-15)29(22,25)26)23(2)19(24)10-5-14-11-17(21)20(28-4)18(12-14)27-3/h5-13H,1-4H3,(H2,22,25,26)/b10-5+. The Morgan fingerprint density at radius 3 is 2.31 bits per heavy atom. The smallest absolute Gasteiger partial charge is 0.246 e. The minimum Gasteiger partial charge on any atom is -0.493 e. The summed E-state index contributed by atoms with van der Waals surface area (Å²) in [6.07, 6.45) is 3.05. The minimum absolute atomic E-state index is 0.0210. The lowest BCUT2D eigenvalue weighted by atomic mass is 10.1. The van der Waals surface area contributed by atoms with E-state index in [9.17, 15) is 13.2 Å². The summed E-state index contributed by atoms with van der Waals surface area (Å²) >= 11 is 6.18. The number of nitrogens with zero attached hydrogens (tertiary/aromatic N) is 1. The molecule has 1 atom stereocenters. The fraction of sp³-hybridized carbons (Fsp3) is 0.250. The number of likely N-dealkylation sites (N-methyl/N-ethyl adjacent to an activating group) is 1. The molecule has 9 heteroatoms. The van der Waals surface area contributed by atoms with Crippen molar-refractivity contribution in [3.8, 4) is 11.5 Å². The van der Waals surface area contributed by atoms with E-state index in [-0.39, 0.29) is 16.8 Å². The van der Waals surface area contributed by atoms with Crippen LogP contribution in [0.3, 0.4) is 0 Å². The van der Waals surface area contributed by atoms with E-state index in [1.807, 2.05) is 6.92 Å². The van der Waals surface area contributed by atoms with Gasteiger partial charge in [0.15, 0.2) is 11.5 Å². The second-order valence-corrected chi connectivity index (χ2v) is 8.28. The van der Waals surface area contributed by atoms with Gasteiger partial charge in [0.1, 0.15) is 0 Å². The second kappa shape index (κ2) is 9.30. The first-order valence-corrected chi connectivity index (χ1v) is 10.5. The van der Waals surface area contributed by atoms with Gasteiger partial charge in [-0.25, -0.2) is 13.6 Å². The molecule has 0 bridgehead atoms. The van der Waals surface area contributed by atoms with E-state index < -0.39 is 10.0 Å². The van der Waals surface area contributed by atoms with E-state index in [4.69, 9.17) is 26.2 Å². The van der Waals surface area contributed by atoms with Crippen LogP contribution in [0.15, 0.2) is 47.4 Å². The van der Waals surface area contributed by atoms with Gasteiger partial charge in [0, 0.05) is 13.1 Å². The zero-order chi connectivity index (χ0) is 21.8. The number of rotatable bonds is 7. The highest BCUT2D eigenvalue weighted by Crippen LogP contribution is 2.36. The molecule has 0 radical (unpaired) electrons. The molecule has 0 aliphatic rings. The Balaban J connectivity index is 2.17. The van der Waals surface area contributed by atoms with Crippen LogP contribution in [0.4, 0.5) is 0 Å². The van der Waals surface area contributed by atoms with Crippen LogP contribution in [0.1, 0.15) is 24.1 Å². The number of halogens is 1. The number of nitrogens with two attached hydrogens (primary N) is 1. The molecular formula is C20H23ClN2O5S. The molecule has 2 rings (SSSR count). The van der Waals surface area contributed by atoms with Crippen LogP contribution in [0.25, 0.3) is 6.08 Å². The number of sulfonamides is 1. The van der Waals surface area contributed by atoms with Crippen molar-refractivity contribution >= 4 is 33.6 Å². The van der Waals surface area contributed by atoms with Gasteiger partial charge in [-0.15, -0.1) is 0 Å². The van der Waals surface area contributed by atoms with Gasteiger partial charge in [0.25, 0.3) is 0 Å². The molecule has 1 amide bonds. The van der Waals surface area contributed by atoms with E-state index in [2.05, 4.69) is 0 Å². The maximum Gasteiger partial charge on any atom is 0.246 e. The van der Waals surface area contributed by atoms with Crippen LogP contribution >= 0.6 is 11.6 Å². The highest BCUT2D eigenvalue weighted by Gasteiger charge is 2.17. The van der Waals surface area contributed by atoms with Gasteiger partial charge in [-0.3, -0.25) is 4.79 Å². The molecule has 2 aromatic rings. The summed E-state index contributed by atoms with van der Waals surface area (Å²) < 4.78 is 33.2. The summed E-state index contributed by atoms with van der Waals surface area (Å²) in [4.78, 5) is 14.1. The SMILES string of the molecule is COc1cc(/C=C/C(=O)N(C)C(C)c2ccc(S(N)(=O)=O)cc2)cc(Cl)c1OC. The van der Waals surface area contributed by atoms with Crippen molar-refractivity contribution in [3.63, 3.8) is 0 Å². The molecular weight excluding hydrogens is 416 g/mol. The van der Waals surface area contributed by atoms with Crippen molar-refractivity contribution in [2.75, 3.05) is 21.3 Å². The Hall–Kier alpha value is -2.55. The lowest BCUT2D eigenvalue weighted by Gasteiger charge is -2.24. The maximum atomic E-state index is 12.6. The predicted molar refractivity (Wildman–Crippen MR) is 113 cm³/mol. The molecule has 156 valence electrons. The first kappa shape index (κ1) is 22.7. The molecule has 0 aliphatic carbocycles. The van der Waals surface area contributed by atoms with Gasteiger partial charge in [-0.05, 0) is 48.4 Å². The summed E-state index contributed by atoms with van der Waals surface area (Å²) in [6, 6.07) is 9.20. The third-order valence-corrected chi connectivity index (χ3v) is 5.70.